The van der Waals surface area contributed by atoms with Gasteiger partial charge in [-0.15, -0.1) is 13.2 Å². The monoisotopic (exact) mass is 168 g/mol. The zero-order valence-electron chi connectivity index (χ0n) is 3.14. The average Bonchev–Trinajstić information content (AvgIpc) is 1.00. The number of hydrogen-bond donors (Lipinski definition) is 2. The van der Waals surface area contributed by atoms with Crippen LogP contribution in [0.2, 0.25) is 0 Å². The third-order valence-electron chi connectivity index (χ3n) is 0. The molecule has 0 spiro atoms. The molecule has 6 N–H and O–H groups in total. The molecule has 0 amide bonds. The SMILES string of the molecule is C=C.N.N.[Pd+2]. The Morgan fingerprint density at radius 2 is 0.800 bits per heavy atom. The molecular formula is C2H10N2Pd+2. The summed E-state index contributed by atoms with van der Waals surface area (Å²) in [5.41, 5.74) is 0. The molecule has 0 rings (SSSR count). The molecule has 0 aliphatic carbocycles. The van der Waals surface area contributed by atoms with Gasteiger partial charge in [0.1, 0.15) is 0 Å². The Morgan fingerprint density at radius 1 is 0.800 bits per heavy atom. The van der Waals surface area contributed by atoms with E-state index in [9.17, 15) is 0 Å². The van der Waals surface area contributed by atoms with E-state index in [0.29, 0.717) is 0 Å². The first-order valence-corrected chi connectivity index (χ1v) is 0.500. The van der Waals surface area contributed by atoms with Crippen molar-refractivity contribution >= 4 is 0 Å². The van der Waals surface area contributed by atoms with E-state index >= 15 is 0 Å². The van der Waals surface area contributed by atoms with Gasteiger partial charge in [0.2, 0.25) is 0 Å². The minimum atomic E-state index is 0. The molecule has 0 fully saturated rings. The van der Waals surface area contributed by atoms with Gasteiger partial charge in [-0.1, -0.05) is 0 Å². The zero-order chi connectivity index (χ0) is 2.00. The van der Waals surface area contributed by atoms with Crippen LogP contribution in [0.3, 0.4) is 0 Å². The fourth-order valence-corrected chi connectivity index (χ4v) is 0. The van der Waals surface area contributed by atoms with Crippen molar-refractivity contribution in [1.82, 2.24) is 12.3 Å². The van der Waals surface area contributed by atoms with Gasteiger partial charge in [-0.05, 0) is 0 Å². The van der Waals surface area contributed by atoms with Crippen molar-refractivity contribution in [3.63, 3.8) is 0 Å². The predicted molar refractivity (Wildman–Crippen MR) is 21.3 cm³/mol. The zero-order valence-corrected chi connectivity index (χ0v) is 4.70. The Labute approximate surface area is 46.5 Å². The molecule has 0 aromatic heterocycles. The van der Waals surface area contributed by atoms with E-state index < -0.39 is 0 Å². The molecule has 0 aliphatic rings. The molecule has 0 atom stereocenters. The van der Waals surface area contributed by atoms with E-state index in [0.717, 1.165) is 0 Å². The van der Waals surface area contributed by atoms with Gasteiger partial charge in [0, 0.05) is 0 Å². The molecule has 0 unspecified atom stereocenters. The second-order valence-corrected chi connectivity index (χ2v) is 0. The molecular weight excluding hydrogens is 158 g/mol. The maximum Gasteiger partial charge on any atom is 2.00 e. The molecule has 0 saturated carbocycles. The molecule has 0 aromatic rings. The van der Waals surface area contributed by atoms with Crippen LogP contribution in [-0.4, -0.2) is 0 Å². The van der Waals surface area contributed by atoms with Crippen LogP contribution in [0, 0.1) is 0 Å². The van der Waals surface area contributed by atoms with Crippen LogP contribution in [0.1, 0.15) is 0 Å². The van der Waals surface area contributed by atoms with E-state index in [1.807, 2.05) is 0 Å². The molecule has 0 bridgehead atoms. The maximum atomic E-state index is 3.00. The summed E-state index contributed by atoms with van der Waals surface area (Å²) in [5.74, 6) is 0. The Bertz CT molecular complexity index is 7.61. The first kappa shape index (κ1) is 56.9. The van der Waals surface area contributed by atoms with Gasteiger partial charge in [-0.25, -0.2) is 0 Å². The van der Waals surface area contributed by atoms with Gasteiger partial charge >= 0.3 is 20.4 Å². The third-order valence-corrected chi connectivity index (χ3v) is 0. The van der Waals surface area contributed by atoms with Gasteiger partial charge in [0.05, 0.1) is 0 Å². The summed E-state index contributed by atoms with van der Waals surface area (Å²) in [7, 11) is 0. The normalized spacial score (nSPS) is 0.800. The molecule has 0 radical (unpaired) electrons. The second kappa shape index (κ2) is 459. The first-order chi connectivity index (χ1) is 1.00. The maximum absolute atomic E-state index is 3.00. The van der Waals surface area contributed by atoms with Crippen LogP contribution in [0.5, 0.6) is 0 Å². The van der Waals surface area contributed by atoms with Gasteiger partial charge < -0.3 is 12.3 Å². The summed E-state index contributed by atoms with van der Waals surface area (Å²) in [6.07, 6.45) is 0. The van der Waals surface area contributed by atoms with E-state index in [-0.39, 0.29) is 32.7 Å². The molecule has 0 aromatic carbocycles. The minimum Gasteiger partial charge on any atom is -0.344 e. The predicted octanol–water partition coefficient (Wildman–Crippen LogP) is 1.12. The standard InChI is InChI=1S/C2H4.2H3N.Pd/c1-2;;;/h1-2H2;2*1H3;/q;;;+2. The Morgan fingerprint density at radius 3 is 0.800 bits per heavy atom. The van der Waals surface area contributed by atoms with E-state index in [1.54, 1.807) is 0 Å². The minimum absolute atomic E-state index is 0. The van der Waals surface area contributed by atoms with Crippen molar-refractivity contribution in [3.8, 4) is 0 Å². The van der Waals surface area contributed by atoms with Crippen molar-refractivity contribution in [2.75, 3.05) is 0 Å². The molecule has 3 heteroatoms. The van der Waals surface area contributed by atoms with Gasteiger partial charge in [0.15, 0.2) is 0 Å². The van der Waals surface area contributed by atoms with Crippen molar-refractivity contribution in [1.29, 1.82) is 0 Å². The topological polar surface area (TPSA) is 70.0 Å². The summed E-state index contributed by atoms with van der Waals surface area (Å²) in [4.78, 5) is 0. The van der Waals surface area contributed by atoms with Gasteiger partial charge in [0.25, 0.3) is 0 Å². The van der Waals surface area contributed by atoms with Crippen LogP contribution in [-0.2, 0) is 20.4 Å². The summed E-state index contributed by atoms with van der Waals surface area (Å²) in [6.45, 7) is 6.00. The van der Waals surface area contributed by atoms with Gasteiger partial charge in [-0.2, -0.15) is 0 Å². The Balaban J connectivity index is -0.00000000167. The van der Waals surface area contributed by atoms with Crippen LogP contribution >= 0.6 is 0 Å². The van der Waals surface area contributed by atoms with Crippen molar-refractivity contribution < 1.29 is 20.4 Å². The van der Waals surface area contributed by atoms with Crippen molar-refractivity contribution in [2.45, 2.75) is 0 Å². The molecule has 0 heterocycles. The molecule has 0 saturated heterocycles. The fourth-order valence-electron chi connectivity index (χ4n) is 0. The average molecular weight is 169 g/mol. The summed E-state index contributed by atoms with van der Waals surface area (Å²) >= 11 is 0. The van der Waals surface area contributed by atoms with Crippen LogP contribution in [0.25, 0.3) is 0 Å². The van der Waals surface area contributed by atoms with Crippen LogP contribution in [0.15, 0.2) is 13.2 Å². The first-order valence-electron chi connectivity index (χ1n) is 0.500. The van der Waals surface area contributed by atoms with E-state index in [4.69, 9.17) is 0 Å². The quantitative estimate of drug-likeness (QED) is 0.420. The van der Waals surface area contributed by atoms with Crippen LogP contribution < -0.4 is 12.3 Å². The van der Waals surface area contributed by atoms with Gasteiger partial charge in [-0.3, -0.25) is 0 Å². The van der Waals surface area contributed by atoms with E-state index in [2.05, 4.69) is 13.2 Å². The summed E-state index contributed by atoms with van der Waals surface area (Å²) in [6, 6.07) is 0. The third kappa shape index (κ3) is 224. The fraction of sp³-hybridized carbons (Fsp3) is 0. The summed E-state index contributed by atoms with van der Waals surface area (Å²) < 4.78 is 0. The number of rotatable bonds is 0. The largest absolute Gasteiger partial charge is 2.00 e. The molecule has 36 valence electrons. The summed E-state index contributed by atoms with van der Waals surface area (Å²) in [5, 5.41) is 0. The molecule has 5 heavy (non-hydrogen) atoms. The Hall–Kier alpha value is 0.322. The van der Waals surface area contributed by atoms with Crippen molar-refractivity contribution in [2.24, 2.45) is 0 Å². The van der Waals surface area contributed by atoms with E-state index in [1.165, 1.54) is 0 Å². The molecule has 0 aliphatic heterocycles. The van der Waals surface area contributed by atoms with Crippen LogP contribution in [0.4, 0.5) is 0 Å². The van der Waals surface area contributed by atoms with Crippen molar-refractivity contribution in [3.05, 3.63) is 13.2 Å². The Kier molecular flexibility index (Phi) is 5220. The smallest absolute Gasteiger partial charge is 0.344 e. The molecule has 2 nitrogen and oxygen atoms in total. The second-order valence-electron chi connectivity index (χ2n) is 0. The number of hydrogen-bond acceptors (Lipinski definition) is 2.